The molecule has 3 rings (SSSR count). The van der Waals surface area contributed by atoms with E-state index in [0.717, 1.165) is 17.9 Å². The molecule has 2 bridgehead atoms. The van der Waals surface area contributed by atoms with Crippen LogP contribution in [0.4, 0.5) is 0 Å². The van der Waals surface area contributed by atoms with Crippen molar-refractivity contribution < 1.29 is 4.79 Å². The first-order valence-corrected chi connectivity index (χ1v) is 7.46. The van der Waals surface area contributed by atoms with Gasteiger partial charge in [-0.25, -0.2) is 0 Å². The first kappa shape index (κ1) is 12.4. The van der Waals surface area contributed by atoms with Gasteiger partial charge in [0.2, 0.25) is 0 Å². The molecule has 0 heterocycles. The Morgan fingerprint density at radius 3 is 2.17 bits per heavy atom. The summed E-state index contributed by atoms with van der Waals surface area (Å²) >= 11 is 0. The van der Waals surface area contributed by atoms with Gasteiger partial charge in [-0.2, -0.15) is 0 Å². The van der Waals surface area contributed by atoms with Crippen LogP contribution in [0.15, 0.2) is 11.1 Å². The van der Waals surface area contributed by atoms with Crippen LogP contribution in [0, 0.1) is 22.2 Å². The lowest BCUT2D eigenvalue weighted by atomic mass is 9.52. The average molecular weight is 246 g/mol. The fourth-order valence-electron chi connectivity index (χ4n) is 5.65. The molecule has 1 heteroatoms. The number of carbonyl (C=O) groups is 1. The van der Waals surface area contributed by atoms with Gasteiger partial charge in [-0.1, -0.05) is 26.3 Å². The minimum Gasteiger partial charge on any atom is -0.295 e. The van der Waals surface area contributed by atoms with E-state index in [4.69, 9.17) is 0 Å². The number of ketones is 1. The van der Waals surface area contributed by atoms with E-state index in [0.29, 0.717) is 16.6 Å². The van der Waals surface area contributed by atoms with Crippen LogP contribution in [0.3, 0.4) is 0 Å². The van der Waals surface area contributed by atoms with Crippen molar-refractivity contribution in [3.8, 4) is 0 Å². The maximum absolute atomic E-state index is 12.0. The van der Waals surface area contributed by atoms with E-state index in [1.54, 1.807) is 6.92 Å². The van der Waals surface area contributed by atoms with Crippen LogP contribution in [0.2, 0.25) is 0 Å². The highest BCUT2D eigenvalue weighted by molar-refractivity contribution is 5.94. The molecule has 1 nitrogen and oxygen atoms in total. The molecule has 0 radical (unpaired) electrons. The van der Waals surface area contributed by atoms with Crippen LogP contribution < -0.4 is 0 Å². The first-order chi connectivity index (χ1) is 8.25. The van der Waals surface area contributed by atoms with Gasteiger partial charge in [0.15, 0.2) is 5.78 Å². The zero-order valence-corrected chi connectivity index (χ0v) is 12.5. The molecular formula is C17H26O. The standard InChI is InChI=1S/C17H26O/c1-11-13(12(2)18)10-14-16(5)6-8-17(14,9-7-16)15(11,3)4/h14H,6-10H2,1-5H3. The fourth-order valence-corrected chi connectivity index (χ4v) is 5.65. The summed E-state index contributed by atoms with van der Waals surface area (Å²) in [7, 11) is 0. The predicted octanol–water partition coefficient (Wildman–Crippen LogP) is 4.52. The molecule has 0 amide bonds. The lowest BCUT2D eigenvalue weighted by molar-refractivity contribution is -0.114. The second-order valence-corrected chi connectivity index (χ2v) is 7.85. The Hall–Kier alpha value is -0.590. The highest BCUT2D eigenvalue weighted by Gasteiger charge is 2.66. The molecule has 0 aromatic carbocycles. The Morgan fingerprint density at radius 2 is 1.67 bits per heavy atom. The van der Waals surface area contributed by atoms with E-state index in [1.165, 1.54) is 31.3 Å². The SMILES string of the molecule is CC(=O)C1=C(C)C(C)(C)C23CCC(C)(CC2)C3C1. The lowest BCUT2D eigenvalue weighted by Gasteiger charge is -2.52. The molecule has 0 spiro atoms. The molecule has 0 N–H and O–H groups in total. The molecule has 18 heavy (non-hydrogen) atoms. The second-order valence-electron chi connectivity index (χ2n) is 7.85. The number of Topliss-reactive ketones (excluding diaryl/α,β-unsaturated/α-hetero) is 1. The molecule has 0 aromatic heterocycles. The Bertz CT molecular complexity index is 444. The number of allylic oxidation sites excluding steroid dienone is 2. The molecule has 1 atom stereocenters. The number of carbonyl (C=O) groups excluding carboxylic acids is 1. The van der Waals surface area contributed by atoms with Gasteiger partial charge >= 0.3 is 0 Å². The van der Waals surface area contributed by atoms with Crippen LogP contribution in [-0.2, 0) is 4.79 Å². The highest BCUT2D eigenvalue weighted by Crippen LogP contribution is 2.75. The van der Waals surface area contributed by atoms with Crippen LogP contribution in [0.25, 0.3) is 0 Å². The van der Waals surface area contributed by atoms with Crippen LogP contribution in [-0.4, -0.2) is 5.78 Å². The Kier molecular flexibility index (Phi) is 2.28. The van der Waals surface area contributed by atoms with Crippen molar-refractivity contribution in [2.75, 3.05) is 0 Å². The van der Waals surface area contributed by atoms with E-state index < -0.39 is 0 Å². The summed E-state index contributed by atoms with van der Waals surface area (Å²) in [5.74, 6) is 1.06. The average Bonchev–Trinajstić information content (AvgIpc) is 2.73. The Balaban J connectivity index is 2.17. The summed E-state index contributed by atoms with van der Waals surface area (Å²) < 4.78 is 0. The van der Waals surface area contributed by atoms with E-state index in [2.05, 4.69) is 27.7 Å². The van der Waals surface area contributed by atoms with Gasteiger partial charge in [0.25, 0.3) is 0 Å². The van der Waals surface area contributed by atoms with Gasteiger partial charge in [-0.3, -0.25) is 4.79 Å². The highest BCUT2D eigenvalue weighted by atomic mass is 16.1. The zero-order valence-electron chi connectivity index (χ0n) is 12.5. The van der Waals surface area contributed by atoms with Crippen molar-refractivity contribution in [2.45, 2.75) is 66.7 Å². The van der Waals surface area contributed by atoms with E-state index >= 15 is 0 Å². The number of hydrogen-bond acceptors (Lipinski definition) is 1. The van der Waals surface area contributed by atoms with Crippen LogP contribution >= 0.6 is 0 Å². The normalized spacial score (nSPS) is 45.3. The third-order valence-corrected chi connectivity index (χ3v) is 7.26. The minimum absolute atomic E-state index is 0.213. The van der Waals surface area contributed by atoms with Gasteiger partial charge in [0.1, 0.15) is 0 Å². The molecule has 0 aliphatic heterocycles. The summed E-state index contributed by atoms with van der Waals surface area (Å²) in [5.41, 5.74) is 3.75. The van der Waals surface area contributed by atoms with Crippen LogP contribution in [0.5, 0.6) is 0 Å². The number of rotatable bonds is 1. The summed E-state index contributed by atoms with van der Waals surface area (Å²) in [4.78, 5) is 12.0. The van der Waals surface area contributed by atoms with Crippen molar-refractivity contribution in [3.63, 3.8) is 0 Å². The van der Waals surface area contributed by atoms with Gasteiger partial charge in [0.05, 0.1) is 0 Å². The molecule has 3 aliphatic rings. The molecule has 2 fully saturated rings. The maximum atomic E-state index is 12.0. The van der Waals surface area contributed by atoms with Crippen molar-refractivity contribution >= 4 is 5.78 Å². The molecule has 3 aliphatic carbocycles. The molecule has 0 saturated heterocycles. The third kappa shape index (κ3) is 1.16. The minimum atomic E-state index is 0.213. The summed E-state index contributed by atoms with van der Waals surface area (Å²) in [6.07, 6.45) is 6.56. The summed E-state index contributed by atoms with van der Waals surface area (Å²) in [6, 6.07) is 0. The zero-order chi connectivity index (χ0) is 13.3. The lowest BCUT2D eigenvalue weighted by Crippen LogP contribution is -2.44. The van der Waals surface area contributed by atoms with Crippen molar-refractivity contribution in [1.82, 2.24) is 0 Å². The molecular weight excluding hydrogens is 220 g/mol. The first-order valence-electron chi connectivity index (χ1n) is 7.46. The second kappa shape index (κ2) is 3.29. The molecule has 100 valence electrons. The summed E-state index contributed by atoms with van der Waals surface area (Å²) in [5, 5.41) is 0. The Morgan fingerprint density at radius 1 is 1.11 bits per heavy atom. The third-order valence-electron chi connectivity index (χ3n) is 7.26. The quantitative estimate of drug-likeness (QED) is 0.665. The van der Waals surface area contributed by atoms with Crippen molar-refractivity contribution in [2.24, 2.45) is 22.2 Å². The monoisotopic (exact) mass is 246 g/mol. The van der Waals surface area contributed by atoms with Crippen LogP contribution in [0.1, 0.15) is 66.7 Å². The topological polar surface area (TPSA) is 17.1 Å². The predicted molar refractivity (Wildman–Crippen MR) is 74.3 cm³/mol. The fraction of sp³-hybridized carbons (Fsp3) is 0.824. The van der Waals surface area contributed by atoms with E-state index in [-0.39, 0.29) is 5.41 Å². The van der Waals surface area contributed by atoms with Gasteiger partial charge in [0, 0.05) is 0 Å². The summed E-state index contributed by atoms with van der Waals surface area (Å²) in [6.45, 7) is 11.2. The van der Waals surface area contributed by atoms with Gasteiger partial charge < -0.3 is 0 Å². The number of hydrogen-bond donors (Lipinski definition) is 0. The molecule has 2 saturated carbocycles. The van der Waals surface area contributed by atoms with Gasteiger partial charge in [-0.05, 0) is 73.7 Å². The smallest absolute Gasteiger partial charge is 0.155 e. The Labute approximate surface area is 111 Å². The van der Waals surface area contributed by atoms with Crippen molar-refractivity contribution in [3.05, 3.63) is 11.1 Å². The van der Waals surface area contributed by atoms with Gasteiger partial charge in [-0.15, -0.1) is 0 Å². The maximum Gasteiger partial charge on any atom is 0.155 e. The van der Waals surface area contributed by atoms with Crippen molar-refractivity contribution in [1.29, 1.82) is 0 Å². The molecule has 0 aromatic rings. The molecule has 1 unspecified atom stereocenters. The van der Waals surface area contributed by atoms with E-state index in [9.17, 15) is 4.79 Å². The largest absolute Gasteiger partial charge is 0.295 e. The van der Waals surface area contributed by atoms with E-state index in [1.807, 2.05) is 0 Å².